The van der Waals surface area contributed by atoms with E-state index in [1.54, 1.807) is 18.3 Å². The van der Waals surface area contributed by atoms with Crippen LogP contribution in [0.5, 0.6) is 0 Å². The van der Waals surface area contributed by atoms with Crippen molar-refractivity contribution in [3.63, 3.8) is 0 Å². The standard InChI is InChI=1S/C14H19N3O/c15-12-2-1-7-16-13(12)14(18)17(8-10-3-4-10)9-11-5-6-11/h1-2,7,10-11H,3-6,8-9,15H2. The van der Waals surface area contributed by atoms with E-state index in [0.29, 0.717) is 23.2 Å². The van der Waals surface area contributed by atoms with Gasteiger partial charge in [-0.05, 0) is 49.7 Å². The Kier molecular flexibility index (Phi) is 2.94. The summed E-state index contributed by atoms with van der Waals surface area (Å²) in [6.07, 6.45) is 6.66. The number of carbonyl (C=O) groups is 1. The number of nitrogens with zero attached hydrogens (tertiary/aromatic N) is 2. The highest BCUT2D eigenvalue weighted by Gasteiger charge is 2.32. The van der Waals surface area contributed by atoms with Crippen LogP contribution in [0.3, 0.4) is 0 Å². The van der Waals surface area contributed by atoms with Crippen LogP contribution >= 0.6 is 0 Å². The van der Waals surface area contributed by atoms with E-state index in [-0.39, 0.29) is 5.91 Å². The van der Waals surface area contributed by atoms with Crippen LogP contribution in [0.15, 0.2) is 18.3 Å². The van der Waals surface area contributed by atoms with Crippen LogP contribution in [-0.4, -0.2) is 28.9 Å². The maximum atomic E-state index is 12.5. The zero-order chi connectivity index (χ0) is 12.5. The van der Waals surface area contributed by atoms with Crippen molar-refractivity contribution in [1.82, 2.24) is 9.88 Å². The van der Waals surface area contributed by atoms with Crippen LogP contribution in [0.1, 0.15) is 36.2 Å². The van der Waals surface area contributed by atoms with Gasteiger partial charge in [-0.2, -0.15) is 0 Å². The number of nitrogen functional groups attached to an aromatic ring is 1. The topological polar surface area (TPSA) is 59.2 Å². The quantitative estimate of drug-likeness (QED) is 0.862. The molecule has 0 aliphatic heterocycles. The van der Waals surface area contributed by atoms with Gasteiger partial charge in [0.15, 0.2) is 5.69 Å². The summed E-state index contributed by atoms with van der Waals surface area (Å²) >= 11 is 0. The molecule has 2 saturated carbocycles. The van der Waals surface area contributed by atoms with Crippen molar-refractivity contribution in [1.29, 1.82) is 0 Å². The number of carbonyl (C=O) groups excluding carboxylic acids is 1. The lowest BCUT2D eigenvalue weighted by Crippen LogP contribution is -2.35. The number of rotatable bonds is 5. The Bertz CT molecular complexity index is 438. The molecule has 18 heavy (non-hydrogen) atoms. The Morgan fingerprint density at radius 3 is 2.39 bits per heavy atom. The van der Waals surface area contributed by atoms with Gasteiger partial charge >= 0.3 is 0 Å². The molecule has 2 N–H and O–H groups in total. The molecular formula is C14H19N3O. The smallest absolute Gasteiger partial charge is 0.274 e. The molecule has 0 bridgehead atoms. The second-order valence-corrected chi connectivity index (χ2v) is 5.54. The minimum Gasteiger partial charge on any atom is -0.397 e. The lowest BCUT2D eigenvalue weighted by atomic mass is 10.2. The Morgan fingerprint density at radius 2 is 1.89 bits per heavy atom. The minimum absolute atomic E-state index is 0.00639. The molecule has 1 amide bonds. The van der Waals surface area contributed by atoms with Gasteiger partial charge in [-0.15, -0.1) is 0 Å². The fraction of sp³-hybridized carbons (Fsp3) is 0.571. The molecule has 3 rings (SSSR count). The number of pyridine rings is 1. The molecule has 1 aromatic heterocycles. The van der Waals surface area contributed by atoms with Crippen molar-refractivity contribution in [2.24, 2.45) is 11.8 Å². The van der Waals surface area contributed by atoms with E-state index in [1.165, 1.54) is 25.7 Å². The highest BCUT2D eigenvalue weighted by Crippen LogP contribution is 2.34. The van der Waals surface area contributed by atoms with Gasteiger partial charge in [0, 0.05) is 19.3 Å². The lowest BCUT2D eigenvalue weighted by Gasteiger charge is -2.22. The highest BCUT2D eigenvalue weighted by atomic mass is 16.2. The van der Waals surface area contributed by atoms with E-state index in [2.05, 4.69) is 4.98 Å². The van der Waals surface area contributed by atoms with Crippen molar-refractivity contribution >= 4 is 11.6 Å². The number of hydrogen-bond donors (Lipinski definition) is 1. The first kappa shape index (κ1) is 11.5. The number of nitrogens with two attached hydrogens (primary N) is 1. The molecule has 0 radical (unpaired) electrons. The van der Waals surface area contributed by atoms with Gasteiger partial charge in [0.1, 0.15) is 0 Å². The average molecular weight is 245 g/mol. The maximum absolute atomic E-state index is 12.5. The molecule has 0 saturated heterocycles. The van der Waals surface area contributed by atoms with Gasteiger partial charge in [-0.3, -0.25) is 4.79 Å². The molecule has 1 heterocycles. The molecule has 0 atom stereocenters. The summed E-state index contributed by atoms with van der Waals surface area (Å²) in [5, 5.41) is 0. The van der Waals surface area contributed by atoms with Gasteiger partial charge in [-0.1, -0.05) is 0 Å². The van der Waals surface area contributed by atoms with E-state index in [0.717, 1.165) is 13.1 Å². The Labute approximate surface area is 107 Å². The van der Waals surface area contributed by atoms with Crippen LogP contribution < -0.4 is 5.73 Å². The lowest BCUT2D eigenvalue weighted by molar-refractivity contribution is 0.0735. The van der Waals surface area contributed by atoms with E-state index in [1.807, 2.05) is 4.90 Å². The molecular weight excluding hydrogens is 226 g/mol. The predicted molar refractivity (Wildman–Crippen MR) is 70.0 cm³/mol. The number of hydrogen-bond acceptors (Lipinski definition) is 3. The van der Waals surface area contributed by atoms with Crippen molar-refractivity contribution in [2.75, 3.05) is 18.8 Å². The molecule has 4 nitrogen and oxygen atoms in total. The van der Waals surface area contributed by atoms with Crippen LogP contribution in [0.2, 0.25) is 0 Å². The van der Waals surface area contributed by atoms with Gasteiger partial charge in [-0.25, -0.2) is 4.98 Å². The van der Waals surface area contributed by atoms with E-state index >= 15 is 0 Å². The van der Waals surface area contributed by atoms with Crippen molar-refractivity contribution in [3.8, 4) is 0 Å². The Hall–Kier alpha value is -1.58. The zero-order valence-corrected chi connectivity index (χ0v) is 10.5. The van der Waals surface area contributed by atoms with E-state index < -0.39 is 0 Å². The summed E-state index contributed by atoms with van der Waals surface area (Å²) < 4.78 is 0. The van der Waals surface area contributed by atoms with Crippen molar-refractivity contribution in [3.05, 3.63) is 24.0 Å². The summed E-state index contributed by atoms with van der Waals surface area (Å²) in [5.41, 5.74) is 6.74. The highest BCUT2D eigenvalue weighted by molar-refractivity contribution is 5.97. The molecule has 0 spiro atoms. The molecule has 2 fully saturated rings. The monoisotopic (exact) mass is 245 g/mol. The third-order valence-electron chi connectivity index (χ3n) is 3.68. The Balaban J connectivity index is 1.75. The molecule has 4 heteroatoms. The Morgan fingerprint density at radius 1 is 1.28 bits per heavy atom. The van der Waals surface area contributed by atoms with Crippen molar-refractivity contribution in [2.45, 2.75) is 25.7 Å². The second kappa shape index (κ2) is 4.59. The van der Waals surface area contributed by atoms with Crippen LogP contribution in [0.25, 0.3) is 0 Å². The predicted octanol–water partition coefficient (Wildman–Crippen LogP) is 1.93. The van der Waals surface area contributed by atoms with Crippen LogP contribution in [0.4, 0.5) is 5.69 Å². The molecule has 2 aliphatic rings. The molecule has 96 valence electrons. The third kappa shape index (κ3) is 2.63. The zero-order valence-electron chi connectivity index (χ0n) is 10.5. The first-order valence-corrected chi connectivity index (χ1v) is 6.74. The van der Waals surface area contributed by atoms with Gasteiger partial charge in [0.05, 0.1) is 5.69 Å². The summed E-state index contributed by atoms with van der Waals surface area (Å²) in [6.45, 7) is 1.76. The van der Waals surface area contributed by atoms with Gasteiger partial charge in [0.2, 0.25) is 0 Å². The maximum Gasteiger partial charge on any atom is 0.274 e. The molecule has 1 aromatic rings. The SMILES string of the molecule is Nc1cccnc1C(=O)N(CC1CC1)CC1CC1. The minimum atomic E-state index is 0.00639. The fourth-order valence-electron chi connectivity index (χ4n) is 2.21. The largest absolute Gasteiger partial charge is 0.397 e. The first-order valence-electron chi connectivity index (χ1n) is 6.74. The van der Waals surface area contributed by atoms with Crippen LogP contribution in [-0.2, 0) is 0 Å². The van der Waals surface area contributed by atoms with Crippen LogP contribution in [0, 0.1) is 11.8 Å². The number of amides is 1. The molecule has 2 aliphatic carbocycles. The fourth-order valence-corrected chi connectivity index (χ4v) is 2.21. The summed E-state index contributed by atoms with van der Waals surface area (Å²) in [6, 6.07) is 3.50. The van der Waals surface area contributed by atoms with Gasteiger partial charge in [0.25, 0.3) is 5.91 Å². The third-order valence-corrected chi connectivity index (χ3v) is 3.68. The normalized spacial score (nSPS) is 18.7. The second-order valence-electron chi connectivity index (χ2n) is 5.54. The molecule has 0 unspecified atom stereocenters. The van der Waals surface area contributed by atoms with Gasteiger partial charge < -0.3 is 10.6 Å². The first-order chi connectivity index (χ1) is 8.74. The average Bonchev–Trinajstić information content (AvgIpc) is 3.23. The van der Waals surface area contributed by atoms with Crippen molar-refractivity contribution < 1.29 is 4.79 Å². The summed E-state index contributed by atoms with van der Waals surface area (Å²) in [4.78, 5) is 18.6. The summed E-state index contributed by atoms with van der Waals surface area (Å²) in [7, 11) is 0. The number of aromatic nitrogens is 1. The summed E-state index contributed by atoms with van der Waals surface area (Å²) in [5.74, 6) is 1.42. The number of anilines is 1. The van der Waals surface area contributed by atoms with E-state index in [9.17, 15) is 4.79 Å². The van der Waals surface area contributed by atoms with E-state index in [4.69, 9.17) is 5.73 Å². The molecule has 0 aromatic carbocycles.